The van der Waals surface area contributed by atoms with Gasteiger partial charge in [-0.2, -0.15) is 0 Å². The largest absolute Gasteiger partial charge is 0.454 e. The number of thiophene rings is 1. The average molecular weight is 522 g/mol. The lowest BCUT2D eigenvalue weighted by atomic mass is 9.93. The molecular weight excluding hydrogens is 493 g/mol. The first kappa shape index (κ1) is 23.9. The highest BCUT2D eigenvalue weighted by molar-refractivity contribution is 7.10. The summed E-state index contributed by atoms with van der Waals surface area (Å²) in [6.07, 6.45) is 1.33. The van der Waals surface area contributed by atoms with Crippen LogP contribution in [0.4, 0.5) is 4.39 Å². The first-order valence-electron chi connectivity index (χ1n) is 12.6. The predicted octanol–water partition coefficient (Wildman–Crippen LogP) is 3.94. The van der Waals surface area contributed by atoms with E-state index in [4.69, 9.17) is 9.47 Å². The highest BCUT2D eigenvalue weighted by atomic mass is 32.1. The molecule has 3 aromatic rings. The van der Waals surface area contributed by atoms with Gasteiger partial charge in [-0.05, 0) is 59.3 Å². The molecule has 1 atom stereocenters. The van der Waals surface area contributed by atoms with Gasteiger partial charge in [-0.25, -0.2) is 4.39 Å². The van der Waals surface area contributed by atoms with Crippen molar-refractivity contribution in [2.75, 3.05) is 46.1 Å². The second kappa shape index (κ2) is 10.1. The molecule has 192 valence electrons. The van der Waals surface area contributed by atoms with Crippen molar-refractivity contribution < 1.29 is 23.5 Å². The minimum Gasteiger partial charge on any atom is -0.454 e. The maximum atomic E-state index is 14.0. The highest BCUT2D eigenvalue weighted by Gasteiger charge is 2.31. The van der Waals surface area contributed by atoms with E-state index in [-0.39, 0.29) is 30.5 Å². The predicted molar refractivity (Wildman–Crippen MR) is 138 cm³/mol. The number of ether oxygens (including phenoxy) is 2. The summed E-state index contributed by atoms with van der Waals surface area (Å²) in [5.74, 6) is 1.01. The molecule has 1 unspecified atom stereocenters. The summed E-state index contributed by atoms with van der Waals surface area (Å²) in [6.45, 7) is 3.61. The molecule has 3 aliphatic heterocycles. The summed E-state index contributed by atoms with van der Waals surface area (Å²) in [6, 6.07) is 14.1. The van der Waals surface area contributed by atoms with Crippen LogP contribution < -0.4 is 9.47 Å². The number of benzene rings is 2. The summed E-state index contributed by atoms with van der Waals surface area (Å²) in [4.78, 5) is 33.3. The number of halogens is 1. The fourth-order valence-corrected chi connectivity index (χ4v) is 6.35. The van der Waals surface area contributed by atoms with Crippen LogP contribution in [0, 0.1) is 5.82 Å². The summed E-state index contributed by atoms with van der Waals surface area (Å²) < 4.78 is 24.8. The Balaban J connectivity index is 1.06. The molecule has 0 bridgehead atoms. The van der Waals surface area contributed by atoms with Gasteiger partial charge >= 0.3 is 0 Å². The first-order valence-corrected chi connectivity index (χ1v) is 13.5. The van der Waals surface area contributed by atoms with Crippen molar-refractivity contribution in [3.05, 3.63) is 81.3 Å². The standard InChI is InChI=1S/C28H28FN3O4S/c29-21-3-1-2-19(16-21)27-22-8-15-37-25(22)6-9-31(27)10-7-26(33)30-11-13-32(14-12-30)28(34)20-4-5-23-24(17-20)36-18-35-23/h1-5,8,15-17,27H,6-7,9-14,18H2. The van der Waals surface area contributed by atoms with E-state index in [2.05, 4.69) is 16.3 Å². The van der Waals surface area contributed by atoms with Crippen molar-refractivity contribution in [3.63, 3.8) is 0 Å². The highest BCUT2D eigenvalue weighted by Crippen LogP contribution is 2.38. The Kier molecular flexibility index (Phi) is 6.56. The minimum atomic E-state index is -0.246. The van der Waals surface area contributed by atoms with Crippen LogP contribution in [0.3, 0.4) is 0 Å². The van der Waals surface area contributed by atoms with Crippen LogP contribution in [0.5, 0.6) is 11.5 Å². The zero-order valence-electron chi connectivity index (χ0n) is 20.4. The number of piperazine rings is 1. The third-order valence-electron chi connectivity index (χ3n) is 7.38. The van der Waals surface area contributed by atoms with E-state index in [9.17, 15) is 14.0 Å². The lowest BCUT2D eigenvalue weighted by molar-refractivity contribution is -0.133. The Hall–Kier alpha value is -3.43. The number of carbonyl (C=O) groups excluding carboxylic acids is 2. The molecule has 0 aliphatic carbocycles. The van der Waals surface area contributed by atoms with Gasteiger partial charge in [-0.15, -0.1) is 11.3 Å². The van der Waals surface area contributed by atoms with Gasteiger partial charge in [0.05, 0.1) is 6.04 Å². The number of hydrogen-bond donors (Lipinski definition) is 0. The third-order valence-corrected chi connectivity index (χ3v) is 8.38. The van der Waals surface area contributed by atoms with Gasteiger partial charge in [0.15, 0.2) is 11.5 Å². The Morgan fingerprint density at radius 1 is 0.946 bits per heavy atom. The maximum Gasteiger partial charge on any atom is 0.254 e. The number of nitrogens with zero attached hydrogens (tertiary/aromatic N) is 3. The van der Waals surface area contributed by atoms with E-state index < -0.39 is 0 Å². The fourth-order valence-electron chi connectivity index (χ4n) is 5.44. The number of amides is 2. The fraction of sp³-hybridized carbons (Fsp3) is 0.357. The maximum absolute atomic E-state index is 14.0. The minimum absolute atomic E-state index is 0.0466. The van der Waals surface area contributed by atoms with Gasteiger partial charge in [0.25, 0.3) is 5.91 Å². The Bertz CT molecular complexity index is 1320. The molecule has 37 heavy (non-hydrogen) atoms. The summed E-state index contributed by atoms with van der Waals surface area (Å²) in [7, 11) is 0. The zero-order chi connectivity index (χ0) is 25.4. The monoisotopic (exact) mass is 521 g/mol. The Labute approximate surface area is 219 Å². The van der Waals surface area contributed by atoms with Gasteiger partial charge in [-0.1, -0.05) is 12.1 Å². The molecule has 1 fully saturated rings. The molecule has 1 saturated heterocycles. The van der Waals surface area contributed by atoms with Crippen molar-refractivity contribution in [1.29, 1.82) is 0 Å². The van der Waals surface area contributed by atoms with Gasteiger partial charge < -0.3 is 19.3 Å². The normalized spacial score (nSPS) is 19.1. The summed E-state index contributed by atoms with van der Waals surface area (Å²) in [5.41, 5.74) is 2.69. The topological polar surface area (TPSA) is 62.3 Å². The van der Waals surface area contributed by atoms with E-state index in [1.807, 2.05) is 11.0 Å². The van der Waals surface area contributed by atoms with Crippen LogP contribution in [0.15, 0.2) is 53.9 Å². The van der Waals surface area contributed by atoms with E-state index in [1.165, 1.54) is 16.5 Å². The lowest BCUT2D eigenvalue weighted by Gasteiger charge is -2.38. The van der Waals surface area contributed by atoms with Crippen molar-refractivity contribution in [2.45, 2.75) is 18.9 Å². The van der Waals surface area contributed by atoms with E-state index in [0.717, 1.165) is 18.5 Å². The van der Waals surface area contributed by atoms with Gasteiger partial charge in [0.1, 0.15) is 5.82 Å². The second-order valence-electron chi connectivity index (χ2n) is 9.53. The van der Waals surface area contributed by atoms with Crippen molar-refractivity contribution in [2.24, 2.45) is 0 Å². The SMILES string of the molecule is O=C(CCN1CCc2sccc2C1c1cccc(F)c1)N1CCN(C(=O)c2ccc3c(c2)OCO3)CC1. The van der Waals surface area contributed by atoms with Crippen LogP contribution in [-0.2, 0) is 11.2 Å². The molecule has 0 radical (unpaired) electrons. The molecule has 1 aromatic heterocycles. The van der Waals surface area contributed by atoms with Crippen LogP contribution in [0.25, 0.3) is 0 Å². The average Bonchev–Trinajstić information content (AvgIpc) is 3.60. The number of carbonyl (C=O) groups is 2. The second-order valence-corrected chi connectivity index (χ2v) is 10.5. The molecule has 4 heterocycles. The van der Waals surface area contributed by atoms with Crippen molar-refractivity contribution in [1.82, 2.24) is 14.7 Å². The number of rotatable bonds is 5. The van der Waals surface area contributed by atoms with E-state index >= 15 is 0 Å². The van der Waals surface area contributed by atoms with Crippen molar-refractivity contribution >= 4 is 23.2 Å². The molecule has 6 rings (SSSR count). The molecule has 2 aromatic carbocycles. The molecule has 0 spiro atoms. The molecule has 0 saturated carbocycles. The molecule has 2 amide bonds. The number of hydrogen-bond acceptors (Lipinski definition) is 6. The summed E-state index contributed by atoms with van der Waals surface area (Å²) >= 11 is 1.74. The van der Waals surface area contributed by atoms with Crippen LogP contribution in [0.1, 0.15) is 38.8 Å². The molecule has 0 N–H and O–H groups in total. The third kappa shape index (κ3) is 4.81. The van der Waals surface area contributed by atoms with Crippen LogP contribution in [-0.4, -0.2) is 72.6 Å². The van der Waals surface area contributed by atoms with Gasteiger partial charge in [-0.3, -0.25) is 14.5 Å². The van der Waals surface area contributed by atoms with E-state index in [0.29, 0.717) is 56.2 Å². The first-order chi connectivity index (χ1) is 18.1. The molecule has 3 aliphatic rings. The Morgan fingerprint density at radius 2 is 1.76 bits per heavy atom. The molecule has 9 heteroatoms. The molecular formula is C28H28FN3O4S. The van der Waals surface area contributed by atoms with Gasteiger partial charge in [0.2, 0.25) is 12.7 Å². The van der Waals surface area contributed by atoms with Crippen molar-refractivity contribution in [3.8, 4) is 11.5 Å². The van der Waals surface area contributed by atoms with Crippen LogP contribution in [0.2, 0.25) is 0 Å². The Morgan fingerprint density at radius 3 is 2.59 bits per heavy atom. The van der Waals surface area contributed by atoms with Gasteiger partial charge in [0, 0.05) is 56.1 Å². The smallest absolute Gasteiger partial charge is 0.254 e. The summed E-state index contributed by atoms with van der Waals surface area (Å²) in [5, 5.41) is 2.09. The quantitative estimate of drug-likeness (QED) is 0.509. The van der Waals surface area contributed by atoms with E-state index in [1.54, 1.807) is 46.6 Å². The number of fused-ring (bicyclic) bond motifs is 2. The lowest BCUT2D eigenvalue weighted by Crippen LogP contribution is -2.51. The zero-order valence-corrected chi connectivity index (χ0v) is 21.2. The molecule has 7 nitrogen and oxygen atoms in total. The van der Waals surface area contributed by atoms with Crippen LogP contribution >= 0.6 is 11.3 Å².